The maximum Gasteiger partial charge on any atom is 0.255 e. The molecule has 25 heavy (non-hydrogen) atoms. The van der Waals surface area contributed by atoms with Crippen molar-refractivity contribution in [3.05, 3.63) is 53.6 Å². The van der Waals surface area contributed by atoms with Crippen LogP contribution in [0.3, 0.4) is 0 Å². The SMILES string of the molecule is COc1ccc(C(=O)NCC(O)Cc2ccccc2)c(OC)c1OC. The highest BCUT2D eigenvalue weighted by atomic mass is 16.5. The Bertz CT molecular complexity index is 702. The number of nitrogens with one attached hydrogen (secondary N) is 1. The minimum absolute atomic E-state index is 0.130. The number of ether oxygens (including phenoxy) is 3. The third kappa shape index (κ3) is 4.64. The second-order valence-electron chi connectivity index (χ2n) is 5.44. The van der Waals surface area contributed by atoms with Gasteiger partial charge in [-0.2, -0.15) is 0 Å². The van der Waals surface area contributed by atoms with Crippen LogP contribution in [-0.2, 0) is 6.42 Å². The molecule has 0 saturated heterocycles. The van der Waals surface area contributed by atoms with E-state index in [-0.39, 0.29) is 18.2 Å². The van der Waals surface area contributed by atoms with Gasteiger partial charge in [0, 0.05) is 13.0 Å². The van der Waals surface area contributed by atoms with Crippen LogP contribution in [0.1, 0.15) is 15.9 Å². The van der Waals surface area contributed by atoms with Gasteiger partial charge in [0.25, 0.3) is 5.91 Å². The van der Waals surface area contributed by atoms with Gasteiger partial charge in [-0.25, -0.2) is 0 Å². The summed E-state index contributed by atoms with van der Waals surface area (Å²) in [6, 6.07) is 12.8. The van der Waals surface area contributed by atoms with Crippen LogP contribution in [0.2, 0.25) is 0 Å². The number of carbonyl (C=O) groups excluding carboxylic acids is 1. The van der Waals surface area contributed by atoms with Crippen molar-refractivity contribution < 1.29 is 24.1 Å². The summed E-state index contributed by atoms with van der Waals surface area (Å²) in [6.07, 6.45) is -0.220. The maximum atomic E-state index is 12.5. The maximum absolute atomic E-state index is 12.5. The minimum atomic E-state index is -0.683. The predicted molar refractivity (Wildman–Crippen MR) is 94.6 cm³/mol. The number of hydrogen-bond donors (Lipinski definition) is 2. The number of hydrogen-bond acceptors (Lipinski definition) is 5. The summed E-state index contributed by atoms with van der Waals surface area (Å²) < 4.78 is 15.8. The van der Waals surface area contributed by atoms with Crippen LogP contribution >= 0.6 is 0 Å². The van der Waals surface area contributed by atoms with E-state index in [9.17, 15) is 9.90 Å². The van der Waals surface area contributed by atoms with Gasteiger partial charge in [0.15, 0.2) is 11.5 Å². The molecule has 0 heterocycles. The van der Waals surface area contributed by atoms with E-state index >= 15 is 0 Å². The summed E-state index contributed by atoms with van der Waals surface area (Å²) >= 11 is 0. The fourth-order valence-corrected chi connectivity index (χ4v) is 2.54. The molecule has 0 spiro atoms. The first-order valence-electron chi connectivity index (χ1n) is 7.89. The van der Waals surface area contributed by atoms with E-state index in [1.165, 1.54) is 21.3 Å². The Balaban J connectivity index is 2.05. The molecule has 2 aromatic rings. The summed E-state index contributed by atoms with van der Waals surface area (Å²) in [7, 11) is 4.45. The minimum Gasteiger partial charge on any atom is -0.493 e. The fraction of sp³-hybridized carbons (Fsp3) is 0.316. The van der Waals surface area contributed by atoms with Gasteiger partial charge in [-0.05, 0) is 17.7 Å². The lowest BCUT2D eigenvalue weighted by Gasteiger charge is -2.16. The van der Waals surface area contributed by atoms with E-state index in [0.717, 1.165) is 5.56 Å². The quantitative estimate of drug-likeness (QED) is 0.766. The highest BCUT2D eigenvalue weighted by Gasteiger charge is 2.21. The van der Waals surface area contributed by atoms with Crippen molar-refractivity contribution >= 4 is 5.91 Å². The zero-order chi connectivity index (χ0) is 18.2. The molecule has 1 atom stereocenters. The Labute approximate surface area is 147 Å². The molecule has 0 saturated carbocycles. The Morgan fingerprint density at radius 3 is 2.28 bits per heavy atom. The molecule has 0 aliphatic rings. The van der Waals surface area contributed by atoms with Crippen LogP contribution in [0.5, 0.6) is 17.2 Å². The number of rotatable bonds is 8. The summed E-state index contributed by atoms with van der Waals surface area (Å²) in [5.74, 6) is 0.754. The number of amides is 1. The van der Waals surface area contributed by atoms with E-state index in [1.54, 1.807) is 12.1 Å². The zero-order valence-electron chi connectivity index (χ0n) is 14.6. The van der Waals surface area contributed by atoms with Crippen molar-refractivity contribution in [1.82, 2.24) is 5.32 Å². The monoisotopic (exact) mass is 345 g/mol. The number of benzene rings is 2. The first kappa shape index (κ1) is 18.6. The predicted octanol–water partition coefficient (Wildman–Crippen LogP) is 2.05. The Morgan fingerprint density at radius 1 is 1.00 bits per heavy atom. The van der Waals surface area contributed by atoms with Crippen LogP contribution in [-0.4, -0.2) is 45.0 Å². The van der Waals surface area contributed by atoms with Crippen molar-refractivity contribution in [2.75, 3.05) is 27.9 Å². The molecule has 1 amide bonds. The highest BCUT2D eigenvalue weighted by Crippen LogP contribution is 2.39. The van der Waals surface area contributed by atoms with Gasteiger partial charge in [-0.15, -0.1) is 0 Å². The van der Waals surface area contributed by atoms with Gasteiger partial charge in [-0.1, -0.05) is 30.3 Å². The largest absolute Gasteiger partial charge is 0.493 e. The molecular formula is C19H23NO5. The van der Waals surface area contributed by atoms with Gasteiger partial charge >= 0.3 is 0 Å². The second-order valence-corrected chi connectivity index (χ2v) is 5.44. The number of carbonyl (C=O) groups is 1. The van der Waals surface area contributed by atoms with E-state index in [4.69, 9.17) is 14.2 Å². The second kappa shape index (κ2) is 8.94. The molecule has 0 aliphatic carbocycles. The normalized spacial score (nSPS) is 11.5. The van der Waals surface area contributed by atoms with Gasteiger partial charge in [0.05, 0.1) is 33.0 Å². The molecule has 1 unspecified atom stereocenters. The van der Waals surface area contributed by atoms with Crippen molar-refractivity contribution in [3.63, 3.8) is 0 Å². The average molecular weight is 345 g/mol. The van der Waals surface area contributed by atoms with Crippen molar-refractivity contribution in [3.8, 4) is 17.2 Å². The van der Waals surface area contributed by atoms with E-state index < -0.39 is 6.10 Å². The van der Waals surface area contributed by atoms with Crippen LogP contribution in [0.25, 0.3) is 0 Å². The highest BCUT2D eigenvalue weighted by molar-refractivity contribution is 5.98. The van der Waals surface area contributed by atoms with E-state index in [2.05, 4.69) is 5.32 Å². The molecule has 6 heteroatoms. The molecule has 2 N–H and O–H groups in total. The summed E-state index contributed by atoms with van der Waals surface area (Å²) in [5.41, 5.74) is 1.32. The topological polar surface area (TPSA) is 77.0 Å². The van der Waals surface area contributed by atoms with Gasteiger partial charge in [0.1, 0.15) is 0 Å². The molecule has 2 rings (SSSR count). The summed E-state index contributed by atoms with van der Waals surface area (Å²) in [5, 5.41) is 12.8. The summed E-state index contributed by atoms with van der Waals surface area (Å²) in [4.78, 5) is 12.5. The fourth-order valence-electron chi connectivity index (χ4n) is 2.54. The van der Waals surface area contributed by atoms with Crippen molar-refractivity contribution in [2.45, 2.75) is 12.5 Å². The Morgan fingerprint density at radius 2 is 1.68 bits per heavy atom. The van der Waals surface area contributed by atoms with Gasteiger partial charge < -0.3 is 24.6 Å². The first-order chi connectivity index (χ1) is 12.1. The van der Waals surface area contributed by atoms with Crippen LogP contribution < -0.4 is 19.5 Å². The van der Waals surface area contributed by atoms with Gasteiger partial charge in [0.2, 0.25) is 5.75 Å². The molecule has 0 aromatic heterocycles. The zero-order valence-corrected chi connectivity index (χ0v) is 14.6. The Hall–Kier alpha value is -2.73. The number of aliphatic hydroxyl groups excluding tert-OH is 1. The average Bonchev–Trinajstić information content (AvgIpc) is 2.65. The van der Waals surface area contributed by atoms with Crippen molar-refractivity contribution in [2.24, 2.45) is 0 Å². The van der Waals surface area contributed by atoms with Crippen LogP contribution in [0.4, 0.5) is 0 Å². The third-order valence-electron chi connectivity index (χ3n) is 3.76. The lowest BCUT2D eigenvalue weighted by molar-refractivity contribution is 0.0912. The molecule has 0 fully saturated rings. The molecule has 0 bridgehead atoms. The smallest absolute Gasteiger partial charge is 0.255 e. The van der Waals surface area contributed by atoms with E-state index in [1.807, 2.05) is 30.3 Å². The Kier molecular flexibility index (Phi) is 6.65. The van der Waals surface area contributed by atoms with Crippen LogP contribution in [0, 0.1) is 0 Å². The molecule has 0 aliphatic heterocycles. The number of aliphatic hydroxyl groups is 1. The van der Waals surface area contributed by atoms with E-state index in [0.29, 0.717) is 23.5 Å². The lowest BCUT2D eigenvalue weighted by Crippen LogP contribution is -2.33. The molecule has 0 radical (unpaired) electrons. The molecular weight excluding hydrogens is 322 g/mol. The molecule has 6 nitrogen and oxygen atoms in total. The molecule has 134 valence electrons. The molecule has 2 aromatic carbocycles. The lowest BCUT2D eigenvalue weighted by atomic mass is 10.1. The summed E-state index contributed by atoms with van der Waals surface area (Å²) in [6.45, 7) is 0.130. The van der Waals surface area contributed by atoms with Crippen LogP contribution in [0.15, 0.2) is 42.5 Å². The number of methoxy groups -OCH3 is 3. The third-order valence-corrected chi connectivity index (χ3v) is 3.76. The first-order valence-corrected chi connectivity index (χ1v) is 7.89. The van der Waals surface area contributed by atoms with Gasteiger partial charge in [-0.3, -0.25) is 4.79 Å². The van der Waals surface area contributed by atoms with Crippen molar-refractivity contribution in [1.29, 1.82) is 0 Å². The standard InChI is InChI=1S/C19H23NO5/c1-23-16-10-9-15(17(24-2)18(16)25-3)19(22)20-12-14(21)11-13-7-5-4-6-8-13/h4-10,14,21H,11-12H2,1-3H3,(H,20,22).